The lowest BCUT2D eigenvalue weighted by atomic mass is 9.63. The zero-order valence-electron chi connectivity index (χ0n) is 36.0. The fourth-order valence-electron chi connectivity index (χ4n) is 10.3. The van der Waals surface area contributed by atoms with Crippen molar-refractivity contribution in [2.45, 2.75) is 51.4 Å². The molecular weight excluding hydrogens is 765 g/mol. The van der Waals surface area contributed by atoms with E-state index in [1.165, 1.54) is 67.7 Å². The molecule has 302 valence electrons. The molecule has 1 aliphatic rings. The fourth-order valence-corrected chi connectivity index (χ4v) is 10.3. The maximum absolute atomic E-state index is 5.31. The van der Waals surface area contributed by atoms with E-state index in [0.29, 0.717) is 17.5 Å². The molecule has 0 unspecified atom stereocenters. The minimum absolute atomic E-state index is 0.0836. The van der Waals surface area contributed by atoms with Gasteiger partial charge >= 0.3 is 0 Å². The quantitative estimate of drug-likeness (QED) is 0.174. The zero-order chi connectivity index (χ0) is 42.5. The third-order valence-electron chi connectivity index (χ3n) is 13.9. The van der Waals surface area contributed by atoms with E-state index in [9.17, 15) is 0 Å². The van der Waals surface area contributed by atoms with Gasteiger partial charge in [-0.3, -0.25) is 0 Å². The van der Waals surface area contributed by atoms with Gasteiger partial charge in [-0.2, -0.15) is 0 Å². The first-order valence-electron chi connectivity index (χ1n) is 22.1. The van der Waals surface area contributed by atoms with Gasteiger partial charge in [0, 0.05) is 33.2 Å². The first-order valence-corrected chi connectivity index (χ1v) is 22.1. The Morgan fingerprint density at radius 1 is 0.365 bits per heavy atom. The molecule has 0 bridgehead atoms. The molecule has 2 heterocycles. The maximum Gasteiger partial charge on any atom is 0.164 e. The SMILES string of the molecule is CC1(C)CCC(C)(C)c2cc3c(cc21)c1cc2ccccc2cc1n3-c1ccc(-c2nc(-c3cccc4ccccc34)nc(-c3ccc(-c4ccccc4)c4ccccc34)n2)cc1. The summed E-state index contributed by atoms with van der Waals surface area (Å²) in [7, 11) is 0. The van der Waals surface area contributed by atoms with Crippen molar-refractivity contribution in [2.75, 3.05) is 0 Å². The molecule has 2 aromatic heterocycles. The smallest absolute Gasteiger partial charge is 0.164 e. The number of hydrogen-bond acceptors (Lipinski definition) is 3. The summed E-state index contributed by atoms with van der Waals surface area (Å²) in [5.41, 5.74) is 11.9. The van der Waals surface area contributed by atoms with Gasteiger partial charge in [0.15, 0.2) is 17.5 Å². The normalized spacial score (nSPS) is 14.5. The third kappa shape index (κ3) is 6.07. The highest BCUT2D eigenvalue weighted by atomic mass is 15.0. The maximum atomic E-state index is 5.31. The van der Waals surface area contributed by atoms with Crippen molar-refractivity contribution in [3.8, 4) is 51.0 Å². The van der Waals surface area contributed by atoms with Crippen LogP contribution >= 0.6 is 0 Å². The Hall–Kier alpha value is -7.43. The molecule has 0 spiro atoms. The van der Waals surface area contributed by atoms with Gasteiger partial charge in [0.25, 0.3) is 0 Å². The highest BCUT2D eigenvalue weighted by Crippen LogP contribution is 2.49. The van der Waals surface area contributed by atoms with Crippen molar-refractivity contribution < 1.29 is 0 Å². The summed E-state index contributed by atoms with van der Waals surface area (Å²) in [5, 5.41) is 9.59. The van der Waals surface area contributed by atoms with Crippen LogP contribution in [0.4, 0.5) is 0 Å². The van der Waals surface area contributed by atoms with E-state index in [4.69, 9.17) is 15.0 Å². The second-order valence-electron chi connectivity index (χ2n) is 18.7. The van der Waals surface area contributed by atoms with Crippen LogP contribution in [0.2, 0.25) is 0 Å². The lowest BCUT2D eigenvalue weighted by Crippen LogP contribution is -2.33. The Balaban J connectivity index is 1.06. The van der Waals surface area contributed by atoms with E-state index in [2.05, 4.69) is 214 Å². The summed E-state index contributed by atoms with van der Waals surface area (Å²) in [6.07, 6.45) is 2.34. The predicted molar refractivity (Wildman–Crippen MR) is 264 cm³/mol. The molecular formula is C59H46N4. The number of benzene rings is 9. The van der Waals surface area contributed by atoms with E-state index in [1.807, 2.05) is 0 Å². The van der Waals surface area contributed by atoms with Crippen molar-refractivity contribution in [2.24, 2.45) is 0 Å². The molecule has 9 aromatic carbocycles. The molecule has 0 saturated heterocycles. The fraction of sp³-hybridized carbons (Fsp3) is 0.136. The zero-order valence-corrected chi connectivity index (χ0v) is 36.0. The van der Waals surface area contributed by atoms with Crippen LogP contribution in [0.15, 0.2) is 182 Å². The molecule has 11 aromatic rings. The largest absolute Gasteiger partial charge is 0.309 e. The summed E-state index contributed by atoms with van der Waals surface area (Å²) < 4.78 is 2.47. The van der Waals surface area contributed by atoms with Crippen LogP contribution in [0.3, 0.4) is 0 Å². The van der Waals surface area contributed by atoms with Gasteiger partial charge in [0.1, 0.15) is 0 Å². The average Bonchev–Trinajstić information content (AvgIpc) is 3.63. The van der Waals surface area contributed by atoms with Crippen LogP contribution in [0, 0.1) is 0 Å². The highest BCUT2D eigenvalue weighted by molar-refractivity contribution is 6.14. The van der Waals surface area contributed by atoms with Gasteiger partial charge in [-0.25, -0.2) is 15.0 Å². The number of hydrogen-bond donors (Lipinski definition) is 0. The Kier molecular flexibility index (Phi) is 8.33. The van der Waals surface area contributed by atoms with Gasteiger partial charge in [0.05, 0.1) is 11.0 Å². The van der Waals surface area contributed by atoms with Crippen molar-refractivity contribution in [3.63, 3.8) is 0 Å². The van der Waals surface area contributed by atoms with Crippen molar-refractivity contribution in [1.82, 2.24) is 19.5 Å². The summed E-state index contributed by atoms with van der Waals surface area (Å²) in [4.78, 5) is 15.9. The van der Waals surface area contributed by atoms with Crippen LogP contribution < -0.4 is 0 Å². The van der Waals surface area contributed by atoms with Crippen LogP contribution in [-0.4, -0.2) is 19.5 Å². The van der Waals surface area contributed by atoms with Gasteiger partial charge in [-0.15, -0.1) is 0 Å². The first kappa shape index (κ1) is 37.3. The monoisotopic (exact) mass is 810 g/mol. The van der Waals surface area contributed by atoms with Crippen LogP contribution in [0.5, 0.6) is 0 Å². The molecule has 63 heavy (non-hydrogen) atoms. The number of nitrogens with zero attached hydrogens (tertiary/aromatic N) is 4. The number of fused-ring (bicyclic) bond motifs is 7. The molecule has 0 fully saturated rings. The second-order valence-corrected chi connectivity index (χ2v) is 18.7. The van der Waals surface area contributed by atoms with E-state index >= 15 is 0 Å². The summed E-state index contributed by atoms with van der Waals surface area (Å²) in [6, 6.07) is 65.7. The van der Waals surface area contributed by atoms with E-state index in [1.54, 1.807) is 0 Å². The molecule has 0 amide bonds. The first-order chi connectivity index (χ1) is 30.7. The molecule has 4 nitrogen and oxygen atoms in total. The lowest BCUT2D eigenvalue weighted by Gasteiger charge is -2.42. The molecule has 4 heteroatoms. The standard InChI is InChI=1S/C59H46N4/c1-58(2)31-32-59(3,4)52-36-54-50(35-51(52)58)49-33-40-18-8-9-19-41(40)34-53(49)63(54)42-27-25-39(26-28-42)55-60-56(47-24-14-20-38-17-10-11-21-43(38)47)62-57(61-55)48-30-29-44(37-15-6-5-7-16-37)45-22-12-13-23-46(45)48/h5-30,33-36H,31-32H2,1-4H3. The van der Waals surface area contributed by atoms with E-state index < -0.39 is 0 Å². The molecule has 0 radical (unpaired) electrons. The van der Waals surface area contributed by atoms with Crippen molar-refractivity contribution in [1.29, 1.82) is 0 Å². The summed E-state index contributed by atoms with van der Waals surface area (Å²) in [5.74, 6) is 1.93. The van der Waals surface area contributed by atoms with E-state index in [0.717, 1.165) is 43.9 Å². The molecule has 0 atom stereocenters. The predicted octanol–water partition coefficient (Wildman–Crippen LogP) is 15.4. The molecule has 1 aliphatic carbocycles. The Morgan fingerprint density at radius 3 is 1.59 bits per heavy atom. The second kappa shape index (κ2) is 14.1. The van der Waals surface area contributed by atoms with Crippen LogP contribution in [0.25, 0.3) is 105 Å². The Morgan fingerprint density at radius 2 is 0.873 bits per heavy atom. The molecule has 0 saturated carbocycles. The molecule has 0 N–H and O–H groups in total. The molecule has 0 aliphatic heterocycles. The third-order valence-corrected chi connectivity index (χ3v) is 13.9. The lowest BCUT2D eigenvalue weighted by molar-refractivity contribution is 0.332. The topological polar surface area (TPSA) is 43.6 Å². The van der Waals surface area contributed by atoms with Crippen LogP contribution in [-0.2, 0) is 10.8 Å². The van der Waals surface area contributed by atoms with Gasteiger partial charge in [-0.05, 0) is 133 Å². The van der Waals surface area contributed by atoms with Crippen LogP contribution in [0.1, 0.15) is 51.7 Å². The van der Waals surface area contributed by atoms with Gasteiger partial charge < -0.3 is 4.57 Å². The van der Waals surface area contributed by atoms with Crippen molar-refractivity contribution >= 4 is 54.1 Å². The van der Waals surface area contributed by atoms with Gasteiger partial charge in [0.2, 0.25) is 0 Å². The number of aromatic nitrogens is 4. The van der Waals surface area contributed by atoms with Crippen molar-refractivity contribution in [3.05, 3.63) is 193 Å². The number of rotatable bonds is 5. The summed E-state index contributed by atoms with van der Waals surface area (Å²) in [6.45, 7) is 9.67. The summed E-state index contributed by atoms with van der Waals surface area (Å²) >= 11 is 0. The minimum atomic E-state index is 0.0836. The Bertz CT molecular complexity index is 3610. The Labute approximate surface area is 367 Å². The van der Waals surface area contributed by atoms with E-state index in [-0.39, 0.29) is 10.8 Å². The highest BCUT2D eigenvalue weighted by Gasteiger charge is 2.38. The average molecular weight is 811 g/mol. The molecule has 12 rings (SSSR count). The van der Waals surface area contributed by atoms with Gasteiger partial charge in [-0.1, -0.05) is 155 Å². The minimum Gasteiger partial charge on any atom is -0.309 e.